The molecule has 8 heteroatoms. The van der Waals surface area contributed by atoms with E-state index in [0.717, 1.165) is 14.2 Å². The van der Waals surface area contributed by atoms with Gasteiger partial charge < -0.3 is 4.90 Å². The Hall–Kier alpha value is -1.22. The number of nitrogens with one attached hydrogen (secondary N) is 1. The van der Waals surface area contributed by atoms with E-state index in [4.69, 9.17) is 0 Å². The summed E-state index contributed by atoms with van der Waals surface area (Å²) in [6, 6.07) is 8.51. The van der Waals surface area contributed by atoms with Crippen molar-refractivity contribution in [2.24, 2.45) is 0 Å². The van der Waals surface area contributed by atoms with Crippen LogP contribution in [0.1, 0.15) is 27.7 Å². The number of carbonyl (C=O) groups excluding carboxylic acids is 1. The van der Waals surface area contributed by atoms with Gasteiger partial charge in [-0.05, 0) is 52.7 Å². The molecule has 2 rings (SSSR count). The van der Waals surface area contributed by atoms with Crippen LogP contribution in [0.5, 0.6) is 0 Å². The number of hydrogen-bond acceptors (Lipinski definition) is 4. The molecule has 0 radical (unpaired) electrons. The van der Waals surface area contributed by atoms with E-state index in [0.29, 0.717) is 18.7 Å². The fourth-order valence-electron chi connectivity index (χ4n) is 2.22. The van der Waals surface area contributed by atoms with Gasteiger partial charge in [-0.2, -0.15) is 0 Å². The van der Waals surface area contributed by atoms with Crippen LogP contribution in [0.3, 0.4) is 0 Å². The summed E-state index contributed by atoms with van der Waals surface area (Å²) in [5, 5.41) is 0. The summed E-state index contributed by atoms with van der Waals surface area (Å²) in [5.41, 5.74) is 1.14. The molecule has 1 aromatic heterocycles. The lowest BCUT2D eigenvalue weighted by Gasteiger charge is -2.18. The van der Waals surface area contributed by atoms with Crippen molar-refractivity contribution in [2.45, 2.75) is 25.3 Å². The molecular formula is C16H19BrN2O3S2. The zero-order valence-corrected chi connectivity index (χ0v) is 16.9. The summed E-state index contributed by atoms with van der Waals surface area (Å²) in [6.07, 6.45) is 0. The maximum Gasteiger partial charge on any atom is 0.254 e. The molecule has 5 nitrogen and oxygen atoms in total. The molecule has 0 bridgehead atoms. The predicted molar refractivity (Wildman–Crippen MR) is 99.9 cm³/mol. The van der Waals surface area contributed by atoms with E-state index >= 15 is 0 Å². The lowest BCUT2D eigenvalue weighted by atomic mass is 10.1. The number of benzene rings is 1. The lowest BCUT2D eigenvalue weighted by molar-refractivity contribution is 0.0785. The van der Waals surface area contributed by atoms with E-state index in [1.165, 1.54) is 12.1 Å². The topological polar surface area (TPSA) is 66.5 Å². The van der Waals surface area contributed by atoms with Crippen molar-refractivity contribution >= 4 is 43.2 Å². The van der Waals surface area contributed by atoms with Gasteiger partial charge in [0.1, 0.15) is 0 Å². The zero-order valence-electron chi connectivity index (χ0n) is 13.7. The summed E-state index contributed by atoms with van der Waals surface area (Å²) in [5.74, 6) is -0.203. The Labute approximate surface area is 154 Å². The second kappa shape index (κ2) is 7.77. The smallest absolute Gasteiger partial charge is 0.254 e. The van der Waals surface area contributed by atoms with E-state index in [1.54, 1.807) is 43.2 Å². The fourth-order valence-corrected chi connectivity index (χ4v) is 4.82. The van der Waals surface area contributed by atoms with Crippen LogP contribution in [0.2, 0.25) is 0 Å². The Morgan fingerprint density at radius 1 is 1.29 bits per heavy atom. The maximum atomic E-state index is 12.7. The predicted octanol–water partition coefficient (Wildman–Crippen LogP) is 3.39. The molecule has 24 heavy (non-hydrogen) atoms. The normalized spacial score (nSPS) is 11.5. The molecule has 1 heterocycles. The second-order valence-electron chi connectivity index (χ2n) is 5.35. The SMILES string of the molecule is CCNS(=O)(=O)c1ccc(C)c(C(=O)N(C)Cc2ccc(Br)s2)c1. The molecule has 1 amide bonds. The first-order valence-corrected chi connectivity index (χ1v) is 10.4. The molecular weight excluding hydrogens is 412 g/mol. The first kappa shape index (κ1) is 19.1. The highest BCUT2D eigenvalue weighted by Gasteiger charge is 2.20. The van der Waals surface area contributed by atoms with E-state index in [1.807, 2.05) is 12.1 Å². The van der Waals surface area contributed by atoms with Gasteiger partial charge in [0, 0.05) is 24.0 Å². The Balaban J connectivity index is 2.28. The van der Waals surface area contributed by atoms with Gasteiger partial charge in [-0.1, -0.05) is 13.0 Å². The molecule has 0 spiro atoms. The number of carbonyl (C=O) groups is 1. The minimum Gasteiger partial charge on any atom is -0.337 e. The van der Waals surface area contributed by atoms with Crippen molar-refractivity contribution in [1.29, 1.82) is 0 Å². The number of hydrogen-bond donors (Lipinski definition) is 1. The van der Waals surface area contributed by atoms with Crippen molar-refractivity contribution < 1.29 is 13.2 Å². The zero-order chi connectivity index (χ0) is 17.9. The van der Waals surface area contributed by atoms with Gasteiger partial charge in [0.15, 0.2) is 0 Å². The molecule has 0 fully saturated rings. The molecule has 2 aromatic rings. The number of rotatable bonds is 6. The third-order valence-electron chi connectivity index (χ3n) is 3.45. The Morgan fingerprint density at radius 2 is 2.00 bits per heavy atom. The molecule has 1 aromatic carbocycles. The maximum absolute atomic E-state index is 12.7. The van der Waals surface area contributed by atoms with Gasteiger partial charge >= 0.3 is 0 Å². The average Bonchev–Trinajstić information content (AvgIpc) is 2.91. The van der Waals surface area contributed by atoms with E-state index < -0.39 is 10.0 Å². The first-order valence-electron chi connectivity index (χ1n) is 7.34. The van der Waals surface area contributed by atoms with E-state index in [-0.39, 0.29) is 10.8 Å². The molecule has 1 N–H and O–H groups in total. The Kier molecular flexibility index (Phi) is 6.19. The summed E-state index contributed by atoms with van der Waals surface area (Å²) in [4.78, 5) is 15.5. The monoisotopic (exact) mass is 430 g/mol. The number of nitrogens with zero attached hydrogens (tertiary/aromatic N) is 1. The molecule has 0 atom stereocenters. The van der Waals surface area contributed by atoms with Gasteiger partial charge in [-0.3, -0.25) is 4.79 Å². The summed E-state index contributed by atoms with van der Waals surface area (Å²) in [7, 11) is -1.88. The van der Waals surface area contributed by atoms with Crippen molar-refractivity contribution in [1.82, 2.24) is 9.62 Å². The molecule has 0 saturated heterocycles. The number of sulfonamides is 1. The summed E-state index contributed by atoms with van der Waals surface area (Å²) >= 11 is 4.97. The van der Waals surface area contributed by atoms with Gasteiger partial charge in [0.05, 0.1) is 15.2 Å². The Bertz CT molecular complexity index is 847. The van der Waals surface area contributed by atoms with Crippen molar-refractivity contribution in [2.75, 3.05) is 13.6 Å². The Morgan fingerprint density at radius 3 is 2.58 bits per heavy atom. The third kappa shape index (κ3) is 4.44. The van der Waals surface area contributed by atoms with Crippen LogP contribution in [-0.2, 0) is 16.6 Å². The van der Waals surface area contributed by atoms with Crippen LogP contribution in [0.15, 0.2) is 39.0 Å². The van der Waals surface area contributed by atoms with Crippen LogP contribution in [-0.4, -0.2) is 32.8 Å². The van der Waals surface area contributed by atoms with Gasteiger partial charge in [0.2, 0.25) is 10.0 Å². The third-order valence-corrected chi connectivity index (χ3v) is 6.60. The van der Waals surface area contributed by atoms with Crippen LogP contribution >= 0.6 is 27.3 Å². The van der Waals surface area contributed by atoms with Gasteiger partial charge in [0.25, 0.3) is 5.91 Å². The molecule has 0 saturated carbocycles. The van der Waals surface area contributed by atoms with Gasteiger partial charge in [-0.25, -0.2) is 13.1 Å². The van der Waals surface area contributed by atoms with E-state index in [9.17, 15) is 13.2 Å². The number of halogens is 1. The van der Waals surface area contributed by atoms with Gasteiger partial charge in [-0.15, -0.1) is 11.3 Å². The van der Waals surface area contributed by atoms with E-state index in [2.05, 4.69) is 20.7 Å². The minimum absolute atomic E-state index is 0.102. The van der Waals surface area contributed by atoms with Crippen LogP contribution < -0.4 is 4.72 Å². The number of thiophene rings is 1. The summed E-state index contributed by atoms with van der Waals surface area (Å²) in [6.45, 7) is 4.28. The minimum atomic E-state index is -3.59. The first-order chi connectivity index (χ1) is 11.2. The van der Waals surface area contributed by atoms with Crippen molar-refractivity contribution in [3.8, 4) is 0 Å². The second-order valence-corrected chi connectivity index (χ2v) is 9.66. The molecule has 130 valence electrons. The molecule has 0 aliphatic rings. The number of amides is 1. The lowest BCUT2D eigenvalue weighted by Crippen LogP contribution is -2.27. The summed E-state index contributed by atoms with van der Waals surface area (Å²) < 4.78 is 27.7. The van der Waals surface area contributed by atoms with Crippen LogP contribution in [0, 0.1) is 6.92 Å². The fraction of sp³-hybridized carbons (Fsp3) is 0.312. The molecule has 0 aliphatic carbocycles. The average molecular weight is 431 g/mol. The standard InChI is InChI=1S/C16H19BrN2O3S2/c1-4-18-24(21,22)13-7-5-11(2)14(9-13)16(20)19(3)10-12-6-8-15(17)23-12/h5-9,18H,4,10H2,1-3H3. The highest BCUT2D eigenvalue weighted by atomic mass is 79.9. The largest absolute Gasteiger partial charge is 0.337 e. The highest BCUT2D eigenvalue weighted by molar-refractivity contribution is 9.11. The quantitative estimate of drug-likeness (QED) is 0.763. The van der Waals surface area contributed by atoms with Crippen molar-refractivity contribution in [3.05, 3.63) is 50.1 Å². The highest BCUT2D eigenvalue weighted by Crippen LogP contribution is 2.24. The molecule has 0 aliphatic heterocycles. The number of aryl methyl sites for hydroxylation is 1. The molecule has 0 unspecified atom stereocenters. The van der Waals surface area contributed by atoms with Crippen LogP contribution in [0.25, 0.3) is 0 Å². The van der Waals surface area contributed by atoms with Crippen molar-refractivity contribution in [3.63, 3.8) is 0 Å². The van der Waals surface area contributed by atoms with Crippen LogP contribution in [0.4, 0.5) is 0 Å².